The average Bonchev–Trinajstić information content (AvgIpc) is 4.34. The molecule has 0 bridgehead atoms. The molecule has 0 radical (unpaired) electrons. The SMILES string of the molecule is Cc1cc2c(C(C)C)cccc2[cH-]1.Cc1cc2c(C(C)C)cccc2[cH-]1.Cc1cc2c(C(C)C)cccc2[cH-]1.Cc1cc2c(C(C)C)cccc2[cH-]1.[Cl-].[Cl-].[Zr+2]=[Si](c1ccccc1)c1ccccc1.[Zr+2]=[Si](c1ccccc1)c1ccccc1. The van der Waals surface area contributed by atoms with E-state index in [9.17, 15) is 0 Å². The molecule has 12 aromatic rings. The molecule has 0 aliphatic carbocycles. The number of rotatable bonds is 8. The molecule has 0 saturated carbocycles. The van der Waals surface area contributed by atoms with E-state index in [2.05, 4.69) is 326 Å². The van der Waals surface area contributed by atoms with E-state index in [1.54, 1.807) is 46.7 Å². The monoisotopic (exact) mass is 1300 g/mol. The Bertz CT molecular complexity index is 3350. The number of fused-ring (bicyclic) bond motifs is 4. The Morgan fingerprint density at radius 2 is 0.451 bits per heavy atom. The Morgan fingerprint density at radius 3 is 0.622 bits per heavy atom. The molecule has 0 atom stereocenters. The molecule has 12 aromatic carbocycles. The molecule has 0 spiro atoms. The third-order valence-corrected chi connectivity index (χ3v) is 26.6. The van der Waals surface area contributed by atoms with Crippen molar-refractivity contribution < 1.29 is 71.5 Å². The van der Waals surface area contributed by atoms with Crippen molar-refractivity contribution >= 4 is 74.7 Å². The molecule has 416 valence electrons. The molecule has 0 heterocycles. The van der Waals surface area contributed by atoms with E-state index in [1.807, 2.05) is 0 Å². The van der Waals surface area contributed by atoms with Crippen molar-refractivity contribution in [2.75, 3.05) is 0 Å². The van der Waals surface area contributed by atoms with Gasteiger partial charge in [0.1, 0.15) is 0 Å². The van der Waals surface area contributed by atoms with Gasteiger partial charge in [-0.25, -0.2) is 0 Å². The summed E-state index contributed by atoms with van der Waals surface area (Å²) in [5, 5.41) is 17.3. The first-order valence-corrected chi connectivity index (χ1v) is 38.9. The third-order valence-electron chi connectivity index (χ3n) is 14.5. The number of halogens is 2. The van der Waals surface area contributed by atoms with Crippen molar-refractivity contribution in [3.8, 4) is 0 Å². The van der Waals surface area contributed by atoms with E-state index < -0.39 is 10.9 Å². The van der Waals surface area contributed by atoms with Gasteiger partial charge in [-0.3, -0.25) is 0 Å². The van der Waals surface area contributed by atoms with Crippen molar-refractivity contribution in [2.45, 2.75) is 107 Å². The van der Waals surface area contributed by atoms with Gasteiger partial charge in [0, 0.05) is 0 Å². The second-order valence-corrected chi connectivity index (χ2v) is 33.5. The Balaban J connectivity index is 0.000000180. The minimum absolute atomic E-state index is 0. The van der Waals surface area contributed by atoms with E-state index in [1.165, 1.54) is 108 Å². The van der Waals surface area contributed by atoms with Crippen LogP contribution in [-0.4, -0.2) is 10.9 Å². The second-order valence-electron chi connectivity index (χ2n) is 22.4. The maximum absolute atomic E-state index is 2.28. The Hall–Kier alpha value is -5.02. The maximum atomic E-state index is 2.28. The first kappa shape index (κ1) is 67.8. The summed E-state index contributed by atoms with van der Waals surface area (Å²) >= 11 is 3.29. The van der Waals surface area contributed by atoms with Gasteiger partial charge in [0.15, 0.2) is 0 Å². The van der Waals surface area contributed by atoms with Crippen LogP contribution in [0.15, 0.2) is 243 Å². The second kappa shape index (κ2) is 33.5. The zero-order chi connectivity index (χ0) is 57.3. The number of aryl methyl sites for hydroxylation is 4. The number of hydrogen-bond donors (Lipinski definition) is 0. The van der Waals surface area contributed by atoms with E-state index in [-0.39, 0.29) is 24.8 Å². The molecule has 12 rings (SSSR count). The molecular weight excluding hydrogens is 1220 g/mol. The summed E-state index contributed by atoms with van der Waals surface area (Å²) in [4.78, 5) is 0. The molecule has 0 aromatic heterocycles. The van der Waals surface area contributed by atoms with Gasteiger partial charge in [0.05, 0.1) is 0 Å². The summed E-state index contributed by atoms with van der Waals surface area (Å²) in [6.07, 6.45) is 0. The normalized spacial score (nSPS) is 10.6. The first-order valence-electron chi connectivity index (χ1n) is 28.5. The predicted octanol–water partition coefficient (Wildman–Crippen LogP) is 12.6. The van der Waals surface area contributed by atoms with Crippen molar-refractivity contribution in [1.82, 2.24) is 0 Å². The molecule has 82 heavy (non-hydrogen) atoms. The van der Waals surface area contributed by atoms with Gasteiger partial charge < -0.3 is 24.8 Å². The number of benzene rings is 8. The number of hydrogen-bond acceptors (Lipinski definition) is 0. The molecule has 0 unspecified atom stereocenters. The van der Waals surface area contributed by atoms with Gasteiger partial charge in [-0.2, -0.15) is 24.3 Å². The van der Waals surface area contributed by atoms with Crippen molar-refractivity contribution in [3.05, 3.63) is 287 Å². The molecule has 0 nitrogen and oxygen atoms in total. The fourth-order valence-electron chi connectivity index (χ4n) is 10.4. The van der Waals surface area contributed by atoms with Crippen LogP contribution in [0.4, 0.5) is 0 Å². The van der Waals surface area contributed by atoms with Crippen molar-refractivity contribution in [3.63, 3.8) is 0 Å². The van der Waals surface area contributed by atoms with E-state index >= 15 is 0 Å². The quantitative estimate of drug-likeness (QED) is 0.105. The van der Waals surface area contributed by atoms with Crippen molar-refractivity contribution in [2.24, 2.45) is 0 Å². The van der Waals surface area contributed by atoms with Gasteiger partial charge in [0.2, 0.25) is 0 Å². The summed E-state index contributed by atoms with van der Waals surface area (Å²) in [5.41, 5.74) is 10.4. The molecule has 0 aliphatic heterocycles. The van der Waals surface area contributed by atoms with Crippen molar-refractivity contribution in [1.29, 1.82) is 0 Å². The fraction of sp³-hybridized carbons (Fsp3) is 0.211. The molecule has 0 fully saturated rings. The average molecular weight is 1300 g/mol. The summed E-state index contributed by atoms with van der Waals surface area (Å²) in [6, 6.07) is 87.8. The van der Waals surface area contributed by atoms with Crippen LogP contribution in [0.2, 0.25) is 0 Å². The zero-order valence-corrected chi connectivity index (χ0v) is 58.6. The van der Waals surface area contributed by atoms with E-state index in [0.29, 0.717) is 23.7 Å². The summed E-state index contributed by atoms with van der Waals surface area (Å²) in [5.74, 6) is 2.46. The fourth-order valence-corrected chi connectivity index (χ4v) is 18.1. The van der Waals surface area contributed by atoms with Crippen LogP contribution in [0, 0.1) is 27.7 Å². The Labute approximate surface area is 534 Å². The molecule has 6 heteroatoms. The summed E-state index contributed by atoms with van der Waals surface area (Å²) < 4.78 is 0. The summed E-state index contributed by atoms with van der Waals surface area (Å²) in [6.45, 7) is 26.6. The van der Waals surface area contributed by atoms with Gasteiger partial charge in [0.25, 0.3) is 0 Å². The van der Waals surface area contributed by atoms with Crippen LogP contribution in [0.25, 0.3) is 43.1 Å². The Kier molecular flexibility index (Phi) is 27.7. The molecular formula is C76H80Cl2Si2Zr2-2. The molecule has 0 N–H and O–H groups in total. The third kappa shape index (κ3) is 19.0. The summed E-state index contributed by atoms with van der Waals surface area (Å²) in [7, 11) is 0. The van der Waals surface area contributed by atoms with Gasteiger partial charge in [-0.05, 0) is 23.7 Å². The van der Waals surface area contributed by atoms with Crippen LogP contribution >= 0.6 is 0 Å². The van der Waals surface area contributed by atoms with Crippen LogP contribution < -0.4 is 45.6 Å². The van der Waals surface area contributed by atoms with E-state index in [4.69, 9.17) is 0 Å². The topological polar surface area (TPSA) is 0 Å². The zero-order valence-electron chi connectivity index (χ0n) is 50.2. The standard InChI is InChI=1S/4C13H15.2C12H10Si.2ClH.2Zr/c4*1-9(2)12-6-4-5-11-7-10(3)8-13(11)12;2*1-3-7-11(8-4-1)13-12-9-5-2-6-10-12;;;;/h4*4-9H,1-3H3;2*1-10H;2*1H;;/q4*-1;;;;;2*+2/p-2. The first-order chi connectivity index (χ1) is 38.5. The van der Waals surface area contributed by atoms with E-state index in [0.717, 1.165) is 0 Å². The minimum atomic E-state index is -0.455. The van der Waals surface area contributed by atoms with Gasteiger partial charge >= 0.3 is 200 Å². The molecule has 0 amide bonds. The van der Waals surface area contributed by atoms with Gasteiger partial charge in [-0.1, -0.05) is 130 Å². The molecule has 0 aliphatic rings. The van der Waals surface area contributed by atoms with Gasteiger partial charge in [-0.15, -0.1) is 138 Å². The predicted molar refractivity (Wildman–Crippen MR) is 349 cm³/mol. The van der Waals surface area contributed by atoms with Crippen LogP contribution in [-0.2, 0) is 46.7 Å². The van der Waals surface area contributed by atoms with Crippen LogP contribution in [0.5, 0.6) is 0 Å². The van der Waals surface area contributed by atoms with Crippen LogP contribution in [0.1, 0.15) is 124 Å². The van der Waals surface area contributed by atoms with Crippen LogP contribution in [0.3, 0.4) is 0 Å². The Morgan fingerprint density at radius 1 is 0.268 bits per heavy atom. The molecule has 0 saturated heterocycles.